The van der Waals surface area contributed by atoms with E-state index < -0.39 is 0 Å². The highest BCUT2D eigenvalue weighted by atomic mass is 79.9. The molecule has 0 spiro atoms. The second kappa shape index (κ2) is 8.16. The van der Waals surface area contributed by atoms with Crippen LogP contribution in [0.3, 0.4) is 0 Å². The Hall–Kier alpha value is -2.64. The molecule has 0 saturated heterocycles. The molecule has 0 radical (unpaired) electrons. The molecule has 3 rings (SSSR count). The molecule has 1 heterocycles. The lowest BCUT2D eigenvalue weighted by atomic mass is 9.92. The molecule has 146 valence electrons. The third-order valence-corrected chi connectivity index (χ3v) is 4.69. The number of carbonyl (C=O) groups is 1. The monoisotopic (exact) mass is 442 g/mol. The standard InChI is InChI=1S/C21H23BrN4O2/c1-21(2,3)18-12-19(24-20(28)23-16-9-7-15(22)8-10-16)26(25-18)17-6-4-5-14(11-17)13-27/h4-12,27H,13H2,1-3H3,(H2,23,24,28). The van der Waals surface area contributed by atoms with Gasteiger partial charge in [-0.2, -0.15) is 5.10 Å². The highest BCUT2D eigenvalue weighted by molar-refractivity contribution is 9.10. The predicted molar refractivity (Wildman–Crippen MR) is 115 cm³/mol. The average Bonchev–Trinajstić information content (AvgIpc) is 3.08. The highest BCUT2D eigenvalue weighted by Gasteiger charge is 2.21. The Balaban J connectivity index is 1.91. The van der Waals surface area contributed by atoms with Crippen molar-refractivity contribution in [2.45, 2.75) is 32.8 Å². The Morgan fingerprint density at radius 2 is 1.82 bits per heavy atom. The van der Waals surface area contributed by atoms with Crippen LogP contribution in [0.1, 0.15) is 32.0 Å². The summed E-state index contributed by atoms with van der Waals surface area (Å²) in [6, 6.07) is 16.3. The fourth-order valence-corrected chi connectivity index (χ4v) is 2.90. The Bertz CT molecular complexity index is 975. The number of hydrogen-bond donors (Lipinski definition) is 3. The van der Waals surface area contributed by atoms with Crippen LogP contribution >= 0.6 is 15.9 Å². The van der Waals surface area contributed by atoms with Crippen molar-refractivity contribution in [3.05, 3.63) is 70.3 Å². The molecular weight excluding hydrogens is 420 g/mol. The SMILES string of the molecule is CC(C)(C)c1cc(NC(=O)Nc2ccc(Br)cc2)n(-c2cccc(CO)c2)n1. The number of urea groups is 1. The van der Waals surface area contributed by atoms with Crippen LogP contribution in [0.2, 0.25) is 0 Å². The number of aromatic nitrogens is 2. The second-order valence-corrected chi connectivity index (χ2v) is 8.41. The van der Waals surface area contributed by atoms with Crippen LogP contribution in [0, 0.1) is 0 Å². The first-order valence-electron chi connectivity index (χ1n) is 8.90. The lowest BCUT2D eigenvalue weighted by molar-refractivity contribution is 0.262. The Labute approximate surface area is 172 Å². The van der Waals surface area contributed by atoms with Crippen molar-refractivity contribution in [3.8, 4) is 5.69 Å². The molecule has 0 bridgehead atoms. The zero-order chi connectivity index (χ0) is 20.3. The fourth-order valence-electron chi connectivity index (χ4n) is 2.63. The van der Waals surface area contributed by atoms with E-state index in [0.29, 0.717) is 11.5 Å². The van der Waals surface area contributed by atoms with Crippen LogP contribution in [0.15, 0.2) is 59.1 Å². The average molecular weight is 443 g/mol. The summed E-state index contributed by atoms with van der Waals surface area (Å²) in [6.45, 7) is 6.13. The molecule has 0 atom stereocenters. The summed E-state index contributed by atoms with van der Waals surface area (Å²) in [5, 5.41) is 19.8. The van der Waals surface area contributed by atoms with E-state index in [2.05, 4.69) is 52.4 Å². The molecule has 28 heavy (non-hydrogen) atoms. The summed E-state index contributed by atoms with van der Waals surface area (Å²) in [5.74, 6) is 0.551. The zero-order valence-corrected chi connectivity index (χ0v) is 17.6. The van der Waals surface area contributed by atoms with Crippen LogP contribution < -0.4 is 10.6 Å². The lowest BCUT2D eigenvalue weighted by Gasteiger charge is -2.14. The van der Waals surface area contributed by atoms with Gasteiger partial charge >= 0.3 is 6.03 Å². The minimum absolute atomic E-state index is 0.0615. The summed E-state index contributed by atoms with van der Waals surface area (Å²) in [4.78, 5) is 12.5. The molecule has 0 fully saturated rings. The summed E-state index contributed by atoms with van der Waals surface area (Å²) >= 11 is 3.38. The van der Waals surface area contributed by atoms with Gasteiger partial charge in [0.2, 0.25) is 0 Å². The second-order valence-electron chi connectivity index (χ2n) is 7.49. The number of amides is 2. The van der Waals surface area contributed by atoms with E-state index in [1.54, 1.807) is 4.68 Å². The van der Waals surface area contributed by atoms with Gasteiger partial charge in [0.05, 0.1) is 18.0 Å². The molecule has 1 aromatic heterocycles. The normalized spacial score (nSPS) is 11.3. The number of anilines is 2. The number of carbonyl (C=O) groups excluding carboxylic acids is 1. The van der Waals surface area contributed by atoms with Crippen LogP contribution in [0.5, 0.6) is 0 Å². The number of aliphatic hydroxyl groups is 1. The maximum absolute atomic E-state index is 12.5. The van der Waals surface area contributed by atoms with Crippen LogP contribution in [0.25, 0.3) is 5.69 Å². The Morgan fingerprint density at radius 1 is 1.11 bits per heavy atom. The van der Waals surface area contributed by atoms with Crippen LogP contribution in [0.4, 0.5) is 16.3 Å². The minimum Gasteiger partial charge on any atom is -0.392 e. The lowest BCUT2D eigenvalue weighted by Crippen LogP contribution is -2.21. The number of halogens is 1. The minimum atomic E-state index is -0.359. The van der Waals surface area contributed by atoms with Crippen molar-refractivity contribution in [2.75, 3.05) is 10.6 Å². The molecule has 0 aliphatic carbocycles. The molecule has 0 saturated carbocycles. The number of rotatable bonds is 4. The zero-order valence-electron chi connectivity index (χ0n) is 16.0. The van der Waals surface area contributed by atoms with Gasteiger partial charge in [-0.25, -0.2) is 9.48 Å². The van der Waals surface area contributed by atoms with Gasteiger partial charge in [0.1, 0.15) is 5.82 Å². The van der Waals surface area contributed by atoms with Crippen molar-refractivity contribution in [1.29, 1.82) is 0 Å². The molecule has 0 aliphatic rings. The van der Waals surface area contributed by atoms with Gasteiger partial charge in [-0.05, 0) is 42.0 Å². The fraction of sp³-hybridized carbons (Fsp3) is 0.238. The molecule has 3 aromatic rings. The van der Waals surface area contributed by atoms with E-state index >= 15 is 0 Å². The molecule has 7 heteroatoms. The van der Waals surface area contributed by atoms with E-state index in [1.807, 2.05) is 54.6 Å². The number of aliphatic hydroxyl groups excluding tert-OH is 1. The van der Waals surface area contributed by atoms with Gasteiger partial charge in [0.15, 0.2) is 0 Å². The van der Waals surface area contributed by atoms with Gasteiger partial charge < -0.3 is 10.4 Å². The number of hydrogen-bond acceptors (Lipinski definition) is 3. The van der Waals surface area contributed by atoms with Gasteiger partial charge in [-0.1, -0.05) is 48.8 Å². The van der Waals surface area contributed by atoms with Gasteiger partial charge in [-0.15, -0.1) is 0 Å². The summed E-state index contributed by atoms with van der Waals surface area (Å²) in [5.41, 5.74) is 2.89. The first-order valence-corrected chi connectivity index (χ1v) is 9.70. The van der Waals surface area contributed by atoms with E-state index in [9.17, 15) is 9.90 Å². The maximum Gasteiger partial charge on any atom is 0.324 e. The first-order chi connectivity index (χ1) is 13.3. The summed E-state index contributed by atoms with van der Waals surface area (Å²) < 4.78 is 2.62. The molecule has 2 aromatic carbocycles. The quantitative estimate of drug-likeness (QED) is 0.527. The first kappa shape index (κ1) is 20.1. The van der Waals surface area contributed by atoms with Crippen molar-refractivity contribution in [1.82, 2.24) is 9.78 Å². The van der Waals surface area contributed by atoms with E-state index in [1.165, 1.54) is 0 Å². The Morgan fingerprint density at radius 3 is 2.46 bits per heavy atom. The third kappa shape index (κ3) is 4.79. The number of nitrogens with one attached hydrogen (secondary N) is 2. The van der Waals surface area contributed by atoms with E-state index in [-0.39, 0.29) is 18.1 Å². The third-order valence-electron chi connectivity index (χ3n) is 4.16. The molecule has 2 amide bonds. The van der Waals surface area contributed by atoms with Crippen molar-refractivity contribution in [2.24, 2.45) is 0 Å². The van der Waals surface area contributed by atoms with Crippen LogP contribution in [-0.2, 0) is 12.0 Å². The number of nitrogens with zero attached hydrogens (tertiary/aromatic N) is 2. The summed E-state index contributed by atoms with van der Waals surface area (Å²) in [7, 11) is 0. The molecule has 6 nitrogen and oxygen atoms in total. The van der Waals surface area contributed by atoms with E-state index in [0.717, 1.165) is 21.4 Å². The van der Waals surface area contributed by atoms with Crippen molar-refractivity contribution < 1.29 is 9.90 Å². The van der Waals surface area contributed by atoms with Crippen molar-refractivity contribution >= 4 is 33.5 Å². The topological polar surface area (TPSA) is 79.2 Å². The van der Waals surface area contributed by atoms with Gasteiger partial charge in [-0.3, -0.25) is 5.32 Å². The smallest absolute Gasteiger partial charge is 0.324 e. The predicted octanol–water partition coefficient (Wildman–Crippen LogP) is 5.07. The molecular formula is C21H23BrN4O2. The maximum atomic E-state index is 12.5. The summed E-state index contributed by atoms with van der Waals surface area (Å²) in [6.07, 6.45) is 0. The van der Waals surface area contributed by atoms with Gasteiger partial charge in [0, 0.05) is 21.6 Å². The molecule has 0 aliphatic heterocycles. The Kier molecular flexibility index (Phi) is 5.86. The van der Waals surface area contributed by atoms with Crippen LogP contribution in [-0.4, -0.2) is 20.9 Å². The van der Waals surface area contributed by atoms with Crippen molar-refractivity contribution in [3.63, 3.8) is 0 Å². The largest absolute Gasteiger partial charge is 0.392 e. The molecule has 0 unspecified atom stereocenters. The number of benzene rings is 2. The van der Waals surface area contributed by atoms with E-state index in [4.69, 9.17) is 0 Å². The molecule has 3 N–H and O–H groups in total. The van der Waals surface area contributed by atoms with Gasteiger partial charge in [0.25, 0.3) is 0 Å². The highest BCUT2D eigenvalue weighted by Crippen LogP contribution is 2.27.